The maximum absolute atomic E-state index is 12.4. The molecule has 1 aromatic heterocycles. The third-order valence-corrected chi connectivity index (χ3v) is 5.22. The maximum atomic E-state index is 12.4. The summed E-state index contributed by atoms with van der Waals surface area (Å²) in [7, 11) is 0. The fourth-order valence-corrected chi connectivity index (χ4v) is 3.87. The smallest absolute Gasteiger partial charge is 0.242 e. The largest absolute Gasteiger partial charge is 0.354 e. The molecular formula is C19H34Cl3N5O. The van der Waals surface area contributed by atoms with Crippen molar-refractivity contribution in [1.82, 2.24) is 14.8 Å². The number of carbonyl (C=O) groups excluding carboxylic acids is 1. The minimum absolute atomic E-state index is 0. The molecule has 0 aliphatic carbocycles. The van der Waals surface area contributed by atoms with E-state index >= 15 is 0 Å². The van der Waals surface area contributed by atoms with Gasteiger partial charge in [0.05, 0.1) is 5.54 Å². The van der Waals surface area contributed by atoms with Crippen molar-refractivity contribution in [3.8, 4) is 0 Å². The van der Waals surface area contributed by atoms with Crippen LogP contribution in [-0.4, -0.2) is 72.0 Å². The van der Waals surface area contributed by atoms with E-state index in [4.69, 9.17) is 5.73 Å². The third-order valence-electron chi connectivity index (χ3n) is 5.22. The minimum Gasteiger partial charge on any atom is -0.354 e. The Morgan fingerprint density at radius 1 is 1.14 bits per heavy atom. The van der Waals surface area contributed by atoms with Crippen LogP contribution in [0.4, 0.5) is 5.82 Å². The Labute approximate surface area is 187 Å². The van der Waals surface area contributed by atoms with Gasteiger partial charge in [-0.05, 0) is 44.7 Å². The SMILES string of the molecule is CC(C)(N)C(=O)N1CCCC(CN2CCN(c3ccccn3)CC2)C1.Cl.Cl.Cl. The van der Waals surface area contributed by atoms with Gasteiger partial charge in [-0.1, -0.05) is 6.07 Å². The number of rotatable bonds is 4. The second-order valence-corrected chi connectivity index (χ2v) is 7.96. The molecule has 2 fully saturated rings. The molecule has 9 heteroatoms. The lowest BCUT2D eigenvalue weighted by Crippen LogP contribution is -2.55. The zero-order valence-electron chi connectivity index (χ0n) is 16.7. The van der Waals surface area contributed by atoms with E-state index in [-0.39, 0.29) is 43.1 Å². The van der Waals surface area contributed by atoms with Crippen LogP contribution in [0.15, 0.2) is 24.4 Å². The van der Waals surface area contributed by atoms with Gasteiger partial charge < -0.3 is 15.5 Å². The van der Waals surface area contributed by atoms with Crippen LogP contribution < -0.4 is 10.6 Å². The highest BCUT2D eigenvalue weighted by atomic mass is 35.5. The van der Waals surface area contributed by atoms with E-state index < -0.39 is 5.54 Å². The summed E-state index contributed by atoms with van der Waals surface area (Å²) in [6, 6.07) is 6.08. The molecular weight excluding hydrogens is 421 g/mol. The molecule has 2 saturated heterocycles. The van der Waals surface area contributed by atoms with Crippen molar-refractivity contribution < 1.29 is 4.79 Å². The molecule has 1 amide bonds. The van der Waals surface area contributed by atoms with Gasteiger partial charge in [0.25, 0.3) is 0 Å². The zero-order valence-corrected chi connectivity index (χ0v) is 19.2. The molecule has 6 nitrogen and oxygen atoms in total. The van der Waals surface area contributed by atoms with Crippen LogP contribution in [0.3, 0.4) is 0 Å². The van der Waals surface area contributed by atoms with Gasteiger partial charge in [-0.25, -0.2) is 4.98 Å². The first kappa shape index (κ1) is 27.2. The van der Waals surface area contributed by atoms with Crippen molar-refractivity contribution in [3.05, 3.63) is 24.4 Å². The van der Waals surface area contributed by atoms with Gasteiger partial charge in [-0.2, -0.15) is 0 Å². The number of hydrogen-bond donors (Lipinski definition) is 1. The molecule has 2 aliphatic heterocycles. The molecule has 2 aliphatic rings. The van der Waals surface area contributed by atoms with Crippen LogP contribution in [0.5, 0.6) is 0 Å². The molecule has 3 heterocycles. The number of aromatic nitrogens is 1. The lowest BCUT2D eigenvalue weighted by Gasteiger charge is -2.40. The van der Waals surface area contributed by atoms with E-state index in [0.717, 1.165) is 58.1 Å². The molecule has 0 radical (unpaired) electrons. The number of pyridine rings is 1. The fourth-order valence-electron chi connectivity index (χ4n) is 3.87. The van der Waals surface area contributed by atoms with Crippen LogP contribution in [0.2, 0.25) is 0 Å². The van der Waals surface area contributed by atoms with Gasteiger partial charge in [0.15, 0.2) is 0 Å². The molecule has 0 saturated carbocycles. The molecule has 162 valence electrons. The van der Waals surface area contributed by atoms with E-state index in [1.165, 1.54) is 6.42 Å². The summed E-state index contributed by atoms with van der Waals surface area (Å²) in [4.78, 5) is 23.7. The fraction of sp³-hybridized carbons (Fsp3) is 0.684. The summed E-state index contributed by atoms with van der Waals surface area (Å²) in [6.07, 6.45) is 4.14. The second kappa shape index (κ2) is 12.0. The van der Waals surface area contributed by atoms with Crippen LogP contribution >= 0.6 is 37.2 Å². The standard InChI is InChI=1S/C19H31N5O.3ClH/c1-19(2,20)18(25)24-9-5-6-16(15-24)14-22-10-12-23(13-11-22)17-7-3-4-8-21-17;;;/h3-4,7-8,16H,5-6,9-15,20H2,1-2H3;3*1H. The Hall–Kier alpha value is -0.790. The second-order valence-electron chi connectivity index (χ2n) is 7.96. The number of nitrogens with zero attached hydrogens (tertiary/aromatic N) is 4. The highest BCUT2D eigenvalue weighted by molar-refractivity contribution is 5.86. The number of nitrogens with two attached hydrogens (primary N) is 1. The number of likely N-dealkylation sites (tertiary alicyclic amines) is 1. The number of piperidine rings is 1. The van der Waals surface area contributed by atoms with Gasteiger partial charge >= 0.3 is 0 Å². The molecule has 1 unspecified atom stereocenters. The van der Waals surface area contributed by atoms with E-state index in [1.807, 2.05) is 23.2 Å². The van der Waals surface area contributed by atoms with E-state index in [0.29, 0.717) is 5.92 Å². The van der Waals surface area contributed by atoms with Gasteiger partial charge in [0.1, 0.15) is 5.82 Å². The summed E-state index contributed by atoms with van der Waals surface area (Å²) in [6.45, 7) is 10.5. The van der Waals surface area contributed by atoms with Crippen LogP contribution in [0.25, 0.3) is 0 Å². The van der Waals surface area contributed by atoms with Crippen LogP contribution in [0, 0.1) is 5.92 Å². The predicted molar refractivity (Wildman–Crippen MR) is 122 cm³/mol. The summed E-state index contributed by atoms with van der Waals surface area (Å²) < 4.78 is 0. The lowest BCUT2D eigenvalue weighted by atomic mass is 9.95. The average Bonchev–Trinajstić information content (AvgIpc) is 2.62. The van der Waals surface area contributed by atoms with Crippen molar-refractivity contribution in [2.24, 2.45) is 11.7 Å². The van der Waals surface area contributed by atoms with E-state index in [9.17, 15) is 4.79 Å². The summed E-state index contributed by atoms with van der Waals surface area (Å²) in [5.74, 6) is 1.71. The number of anilines is 1. The summed E-state index contributed by atoms with van der Waals surface area (Å²) >= 11 is 0. The molecule has 0 spiro atoms. The predicted octanol–water partition coefficient (Wildman–Crippen LogP) is 2.44. The highest BCUT2D eigenvalue weighted by Crippen LogP contribution is 2.21. The first-order valence-corrected chi connectivity index (χ1v) is 9.40. The van der Waals surface area contributed by atoms with Crippen LogP contribution in [-0.2, 0) is 4.79 Å². The first-order valence-electron chi connectivity index (χ1n) is 9.40. The number of halogens is 3. The topological polar surface area (TPSA) is 65.7 Å². The van der Waals surface area contributed by atoms with Crippen LogP contribution in [0.1, 0.15) is 26.7 Å². The quantitative estimate of drug-likeness (QED) is 0.757. The number of amides is 1. The molecule has 3 rings (SSSR count). The first-order chi connectivity index (χ1) is 11.9. The van der Waals surface area contributed by atoms with Crippen molar-refractivity contribution in [1.29, 1.82) is 0 Å². The summed E-state index contributed by atoms with van der Waals surface area (Å²) in [5.41, 5.74) is 5.23. The summed E-state index contributed by atoms with van der Waals surface area (Å²) in [5, 5.41) is 0. The zero-order chi connectivity index (χ0) is 17.9. The van der Waals surface area contributed by atoms with Gasteiger partial charge in [-0.15, -0.1) is 37.2 Å². The maximum Gasteiger partial charge on any atom is 0.242 e. The molecule has 28 heavy (non-hydrogen) atoms. The Morgan fingerprint density at radius 3 is 2.39 bits per heavy atom. The molecule has 0 bridgehead atoms. The highest BCUT2D eigenvalue weighted by Gasteiger charge is 2.32. The number of carbonyl (C=O) groups is 1. The van der Waals surface area contributed by atoms with Gasteiger partial charge in [-0.3, -0.25) is 9.69 Å². The Bertz CT molecular complexity index is 577. The monoisotopic (exact) mass is 453 g/mol. The third kappa shape index (κ3) is 7.23. The average molecular weight is 455 g/mol. The van der Waals surface area contributed by atoms with E-state index in [2.05, 4.69) is 20.9 Å². The van der Waals surface area contributed by atoms with Gasteiger partial charge in [0.2, 0.25) is 5.91 Å². The molecule has 0 aromatic carbocycles. The Kier molecular flexibility index (Phi) is 11.7. The Morgan fingerprint density at radius 2 is 1.82 bits per heavy atom. The normalized spacial score (nSPS) is 20.5. The van der Waals surface area contributed by atoms with Crippen molar-refractivity contribution in [3.63, 3.8) is 0 Å². The van der Waals surface area contributed by atoms with Gasteiger partial charge in [0, 0.05) is 52.0 Å². The van der Waals surface area contributed by atoms with E-state index in [1.54, 1.807) is 13.8 Å². The van der Waals surface area contributed by atoms with Crippen molar-refractivity contribution in [2.45, 2.75) is 32.2 Å². The molecule has 1 aromatic rings. The van der Waals surface area contributed by atoms with Crippen molar-refractivity contribution in [2.75, 3.05) is 50.7 Å². The van der Waals surface area contributed by atoms with Crippen molar-refractivity contribution >= 4 is 48.9 Å². The number of piperazine rings is 1. The molecule has 1 atom stereocenters. The molecule has 2 N–H and O–H groups in total. The Balaban J connectivity index is 0.00000243. The lowest BCUT2D eigenvalue weighted by molar-refractivity contribution is -0.137. The number of hydrogen-bond acceptors (Lipinski definition) is 5. The minimum atomic E-state index is -0.768.